The molecule has 1 fully saturated rings. The third kappa shape index (κ3) is 0.775. The van der Waals surface area contributed by atoms with Crippen molar-refractivity contribution in [1.29, 1.82) is 0 Å². The summed E-state index contributed by atoms with van der Waals surface area (Å²) in [5, 5.41) is 9.42. The van der Waals surface area contributed by atoms with Crippen LogP contribution >= 0.6 is 0 Å². The van der Waals surface area contributed by atoms with E-state index >= 15 is 0 Å². The van der Waals surface area contributed by atoms with Crippen molar-refractivity contribution in [2.75, 3.05) is 13.5 Å². The molecule has 0 radical (unpaired) electrons. The first kappa shape index (κ1) is 3.99. The molecule has 0 bridgehead atoms. The second-order valence-corrected chi connectivity index (χ2v) is 2.21. The molecule has 0 aliphatic carbocycles. The minimum atomic E-state index is -2.52. The molecule has 1 aliphatic heterocycles. The standard InChI is InChI=1S/C7H9NO2/c1-3-7(10)4-5-8(2)6(7)9/h1,10H,4-5H2,2H3/t7-/m0/s1/i2D3. The van der Waals surface area contributed by atoms with Crippen LogP contribution in [-0.4, -0.2) is 35.0 Å². The molecular weight excluding hydrogens is 130 g/mol. The number of likely N-dealkylation sites (N-methyl/N-ethyl adjacent to an activating group) is 1. The van der Waals surface area contributed by atoms with Gasteiger partial charge in [-0.05, 0) is 0 Å². The molecule has 0 unspecified atom stereocenters. The molecule has 1 aliphatic rings. The maximum absolute atomic E-state index is 11.3. The van der Waals surface area contributed by atoms with E-state index in [0.29, 0.717) is 4.90 Å². The minimum Gasteiger partial charge on any atom is -0.369 e. The van der Waals surface area contributed by atoms with Crippen LogP contribution in [0.4, 0.5) is 0 Å². The smallest absolute Gasteiger partial charge is 0.267 e. The highest BCUT2D eigenvalue weighted by atomic mass is 16.3. The highest BCUT2D eigenvalue weighted by Crippen LogP contribution is 2.19. The fraction of sp³-hybridized carbons (Fsp3) is 0.571. The van der Waals surface area contributed by atoms with Crippen molar-refractivity contribution in [2.24, 2.45) is 0 Å². The Kier molecular flexibility index (Phi) is 0.796. The lowest BCUT2D eigenvalue weighted by Gasteiger charge is -2.12. The van der Waals surface area contributed by atoms with E-state index in [4.69, 9.17) is 10.5 Å². The van der Waals surface area contributed by atoms with Gasteiger partial charge in [-0.15, -0.1) is 6.42 Å². The number of hydrogen-bond acceptors (Lipinski definition) is 2. The summed E-state index contributed by atoms with van der Waals surface area (Å²) in [7, 11) is 0. The molecule has 0 spiro atoms. The van der Waals surface area contributed by atoms with Gasteiger partial charge in [0, 0.05) is 24.1 Å². The highest BCUT2D eigenvalue weighted by Gasteiger charge is 2.41. The van der Waals surface area contributed by atoms with E-state index in [1.807, 2.05) is 5.92 Å². The summed E-state index contributed by atoms with van der Waals surface area (Å²) in [6, 6.07) is 0. The van der Waals surface area contributed by atoms with Gasteiger partial charge in [-0.1, -0.05) is 5.92 Å². The SMILES string of the molecule is [2H]C([2H])([2H])N1CC[C@@](O)(C#C)C1=O. The van der Waals surface area contributed by atoms with E-state index in [-0.39, 0.29) is 13.0 Å². The Balaban J connectivity index is 2.91. The Bertz CT molecular complexity index is 280. The van der Waals surface area contributed by atoms with Gasteiger partial charge in [0.05, 0.1) is 0 Å². The van der Waals surface area contributed by atoms with Gasteiger partial charge in [-0.25, -0.2) is 0 Å². The van der Waals surface area contributed by atoms with Crippen LogP contribution in [-0.2, 0) is 4.79 Å². The van der Waals surface area contributed by atoms with Gasteiger partial charge in [-0.3, -0.25) is 4.79 Å². The average molecular weight is 142 g/mol. The Hall–Kier alpha value is -1.01. The molecule has 10 heavy (non-hydrogen) atoms. The fourth-order valence-electron chi connectivity index (χ4n) is 0.839. The minimum absolute atomic E-state index is 0.0271. The van der Waals surface area contributed by atoms with Crippen molar-refractivity contribution in [3.05, 3.63) is 0 Å². The zero-order chi connectivity index (χ0) is 10.3. The Morgan fingerprint density at radius 1 is 2.10 bits per heavy atom. The third-order valence-electron chi connectivity index (χ3n) is 1.53. The highest BCUT2D eigenvalue weighted by molar-refractivity contribution is 5.90. The van der Waals surface area contributed by atoms with Gasteiger partial charge < -0.3 is 10.0 Å². The number of carbonyl (C=O) groups is 1. The summed E-state index contributed by atoms with van der Waals surface area (Å²) in [4.78, 5) is 11.9. The zero-order valence-corrected chi connectivity index (χ0v) is 5.29. The number of terminal acetylenes is 1. The topological polar surface area (TPSA) is 40.5 Å². The van der Waals surface area contributed by atoms with Gasteiger partial charge in [0.15, 0.2) is 0 Å². The molecule has 1 atom stereocenters. The summed E-state index contributed by atoms with van der Waals surface area (Å²) in [6.07, 6.45) is 4.91. The van der Waals surface area contributed by atoms with Crippen molar-refractivity contribution in [2.45, 2.75) is 12.0 Å². The quantitative estimate of drug-likeness (QED) is 0.450. The van der Waals surface area contributed by atoms with Crippen LogP contribution in [0, 0.1) is 12.3 Å². The van der Waals surface area contributed by atoms with E-state index in [1.54, 1.807) is 0 Å². The molecule has 0 aromatic rings. The molecule has 1 N–H and O–H groups in total. The van der Waals surface area contributed by atoms with Crippen LogP contribution in [0.3, 0.4) is 0 Å². The average Bonchev–Trinajstić information content (AvgIpc) is 2.29. The molecule has 1 rings (SSSR count). The summed E-state index contributed by atoms with van der Waals surface area (Å²) in [5.41, 5.74) is -1.92. The van der Waals surface area contributed by atoms with E-state index < -0.39 is 18.5 Å². The summed E-state index contributed by atoms with van der Waals surface area (Å²) in [6.45, 7) is -2.55. The number of nitrogens with zero attached hydrogens (tertiary/aromatic N) is 1. The zero-order valence-electron chi connectivity index (χ0n) is 8.29. The van der Waals surface area contributed by atoms with Crippen LogP contribution in [0.15, 0.2) is 0 Å². The molecule has 0 aromatic carbocycles. The van der Waals surface area contributed by atoms with Crippen LogP contribution in [0.2, 0.25) is 0 Å². The fourth-order valence-corrected chi connectivity index (χ4v) is 0.839. The lowest BCUT2D eigenvalue weighted by atomic mass is 10.1. The van der Waals surface area contributed by atoms with Crippen LogP contribution in [0.25, 0.3) is 0 Å². The molecule has 54 valence electrons. The van der Waals surface area contributed by atoms with E-state index in [2.05, 4.69) is 0 Å². The van der Waals surface area contributed by atoms with Gasteiger partial charge in [0.25, 0.3) is 5.91 Å². The molecule has 1 heterocycles. The number of likely N-dealkylation sites (tertiary alicyclic amines) is 1. The first-order valence-corrected chi connectivity index (χ1v) is 2.83. The summed E-state index contributed by atoms with van der Waals surface area (Å²) >= 11 is 0. The lowest BCUT2D eigenvalue weighted by molar-refractivity contribution is -0.137. The van der Waals surface area contributed by atoms with Crippen LogP contribution in [0.5, 0.6) is 0 Å². The van der Waals surface area contributed by atoms with Crippen molar-refractivity contribution >= 4 is 5.91 Å². The van der Waals surface area contributed by atoms with Gasteiger partial charge in [0.1, 0.15) is 0 Å². The Morgan fingerprint density at radius 3 is 3.10 bits per heavy atom. The van der Waals surface area contributed by atoms with Gasteiger partial charge in [0.2, 0.25) is 5.60 Å². The number of amides is 1. The molecule has 1 amide bonds. The summed E-state index contributed by atoms with van der Waals surface area (Å²) in [5.74, 6) is 0.999. The second-order valence-electron chi connectivity index (χ2n) is 2.21. The molecule has 3 nitrogen and oxygen atoms in total. The Morgan fingerprint density at radius 2 is 2.80 bits per heavy atom. The van der Waals surface area contributed by atoms with E-state index in [9.17, 15) is 9.90 Å². The first-order valence-electron chi connectivity index (χ1n) is 4.33. The van der Waals surface area contributed by atoms with Crippen molar-refractivity contribution < 1.29 is 14.0 Å². The molecule has 0 saturated carbocycles. The van der Waals surface area contributed by atoms with E-state index in [1.165, 1.54) is 0 Å². The largest absolute Gasteiger partial charge is 0.369 e. The van der Waals surface area contributed by atoms with Crippen molar-refractivity contribution in [1.82, 2.24) is 4.90 Å². The number of carbonyl (C=O) groups excluding carboxylic acids is 1. The predicted molar refractivity (Wildman–Crippen MR) is 36.0 cm³/mol. The molecule has 0 aromatic heterocycles. The normalized spacial score (nSPS) is 38.2. The van der Waals surface area contributed by atoms with Crippen LogP contribution in [0.1, 0.15) is 10.5 Å². The predicted octanol–water partition coefficient (Wildman–Crippen LogP) is -0.787. The van der Waals surface area contributed by atoms with Gasteiger partial charge >= 0.3 is 0 Å². The molecule has 3 heteroatoms. The molecular formula is C7H9NO2. The first-order chi connectivity index (χ1) is 5.81. The van der Waals surface area contributed by atoms with Crippen molar-refractivity contribution in [3.8, 4) is 12.3 Å². The third-order valence-corrected chi connectivity index (χ3v) is 1.53. The Labute approximate surface area is 63.9 Å². The number of hydrogen-bond donors (Lipinski definition) is 1. The monoisotopic (exact) mass is 142 g/mol. The van der Waals surface area contributed by atoms with Crippen molar-refractivity contribution in [3.63, 3.8) is 0 Å². The number of aliphatic hydroxyl groups is 1. The second kappa shape index (κ2) is 1.99. The lowest BCUT2D eigenvalue weighted by Crippen LogP contribution is -2.36. The maximum atomic E-state index is 11.3. The number of rotatable bonds is 0. The van der Waals surface area contributed by atoms with Crippen LogP contribution < -0.4 is 0 Å². The summed E-state index contributed by atoms with van der Waals surface area (Å²) < 4.78 is 20.9. The van der Waals surface area contributed by atoms with Gasteiger partial charge in [-0.2, -0.15) is 0 Å². The molecule has 1 saturated heterocycles. The van der Waals surface area contributed by atoms with E-state index in [0.717, 1.165) is 0 Å². The maximum Gasteiger partial charge on any atom is 0.267 e.